The van der Waals surface area contributed by atoms with Crippen molar-refractivity contribution in [2.24, 2.45) is 0 Å². The van der Waals surface area contributed by atoms with E-state index in [-0.39, 0.29) is 44.5 Å². The Morgan fingerprint density at radius 1 is 1.15 bits per heavy atom. The van der Waals surface area contributed by atoms with Crippen molar-refractivity contribution in [2.45, 2.75) is 19.8 Å². The molecule has 0 fully saturated rings. The lowest BCUT2D eigenvalue weighted by Crippen LogP contribution is -2.01. The molecule has 0 saturated heterocycles. The second-order valence-electron chi connectivity index (χ2n) is 5.65. The van der Waals surface area contributed by atoms with Crippen molar-refractivity contribution in [3.05, 3.63) is 55.6 Å². The van der Waals surface area contributed by atoms with Crippen LogP contribution in [0.4, 0.5) is 5.69 Å². The van der Waals surface area contributed by atoms with Crippen molar-refractivity contribution in [2.75, 3.05) is 7.11 Å². The first-order chi connectivity index (χ1) is 12.1. The van der Waals surface area contributed by atoms with Crippen molar-refractivity contribution in [1.82, 2.24) is 0 Å². The summed E-state index contributed by atoms with van der Waals surface area (Å²) in [5.41, 5.74) is 0.213. The third-order valence-corrected chi connectivity index (χ3v) is 4.12. The van der Waals surface area contributed by atoms with Gasteiger partial charge in [-0.2, -0.15) is 0 Å². The smallest absolute Gasteiger partial charge is 0.335 e. The molecule has 0 aromatic heterocycles. The number of nitro benzene ring substituents is 1. The number of carbonyl (C=O) groups is 1. The second-order valence-corrected chi connectivity index (χ2v) is 6.47. The quantitative estimate of drug-likeness (QED) is 0.506. The maximum Gasteiger partial charge on any atom is 0.335 e. The molecule has 9 heteroatoms. The van der Waals surface area contributed by atoms with Crippen LogP contribution < -0.4 is 9.47 Å². The second kappa shape index (κ2) is 7.80. The molecule has 138 valence electrons. The van der Waals surface area contributed by atoms with Crippen LogP contribution in [0.15, 0.2) is 24.3 Å². The van der Waals surface area contributed by atoms with E-state index in [9.17, 15) is 14.9 Å². The highest BCUT2D eigenvalue weighted by molar-refractivity contribution is 6.37. The van der Waals surface area contributed by atoms with Gasteiger partial charge in [0.05, 0.1) is 33.7 Å². The van der Waals surface area contributed by atoms with Gasteiger partial charge in [-0.05, 0) is 24.1 Å². The summed E-state index contributed by atoms with van der Waals surface area (Å²) in [5, 5.41) is 20.3. The molecule has 0 bridgehead atoms. The molecule has 1 N–H and O–H groups in total. The van der Waals surface area contributed by atoms with Crippen LogP contribution in [0.2, 0.25) is 10.0 Å². The van der Waals surface area contributed by atoms with E-state index in [4.69, 9.17) is 37.8 Å². The zero-order valence-electron chi connectivity index (χ0n) is 14.1. The van der Waals surface area contributed by atoms with Gasteiger partial charge < -0.3 is 14.6 Å². The lowest BCUT2D eigenvalue weighted by molar-refractivity contribution is -0.385. The van der Waals surface area contributed by atoms with Crippen LogP contribution in [0.25, 0.3) is 0 Å². The van der Waals surface area contributed by atoms with Crippen LogP contribution in [0, 0.1) is 10.1 Å². The van der Waals surface area contributed by atoms with Crippen LogP contribution in [0.3, 0.4) is 0 Å². The topological polar surface area (TPSA) is 98.9 Å². The van der Waals surface area contributed by atoms with Crippen LogP contribution in [0.1, 0.15) is 35.7 Å². The van der Waals surface area contributed by atoms with Gasteiger partial charge in [0.15, 0.2) is 5.75 Å². The number of nitrogens with zero attached hydrogens (tertiary/aromatic N) is 1. The average molecular weight is 400 g/mol. The normalized spacial score (nSPS) is 10.7. The first kappa shape index (κ1) is 19.8. The number of carboxylic acids is 1. The first-order valence-corrected chi connectivity index (χ1v) is 8.17. The number of hydrogen-bond donors (Lipinski definition) is 1. The summed E-state index contributed by atoms with van der Waals surface area (Å²) < 4.78 is 10.8. The molecule has 7 nitrogen and oxygen atoms in total. The molecule has 0 heterocycles. The van der Waals surface area contributed by atoms with Gasteiger partial charge in [-0.25, -0.2) is 4.79 Å². The zero-order chi connectivity index (χ0) is 19.6. The number of aromatic carboxylic acids is 1. The van der Waals surface area contributed by atoms with E-state index >= 15 is 0 Å². The standard InChI is InChI=1S/C17H15Cl2NO6/c1-8(2)11-6-10(7-14(20(23)24)15(11)25-3)26-16-12(18)4-9(17(21)22)5-13(16)19/h4-8H,1-3H3,(H,21,22). The van der Waals surface area contributed by atoms with E-state index in [0.29, 0.717) is 5.56 Å². The van der Waals surface area contributed by atoms with Crippen molar-refractivity contribution < 1.29 is 24.3 Å². The molecule has 0 spiro atoms. The van der Waals surface area contributed by atoms with E-state index in [1.54, 1.807) is 6.07 Å². The van der Waals surface area contributed by atoms with Crippen molar-refractivity contribution in [3.63, 3.8) is 0 Å². The molecule has 2 aromatic carbocycles. The Kier molecular flexibility index (Phi) is 5.94. The molecule has 2 aromatic rings. The number of ether oxygens (including phenoxy) is 2. The number of rotatable bonds is 6. The van der Waals surface area contributed by atoms with Gasteiger partial charge in [0.2, 0.25) is 5.75 Å². The number of benzene rings is 2. The minimum absolute atomic E-state index is 0.00695. The molecule has 0 amide bonds. The molecule has 0 unspecified atom stereocenters. The monoisotopic (exact) mass is 399 g/mol. The first-order valence-electron chi connectivity index (χ1n) is 7.42. The molecule has 0 atom stereocenters. The van der Waals surface area contributed by atoms with E-state index < -0.39 is 10.9 Å². The molecule has 26 heavy (non-hydrogen) atoms. The Labute approximate surface area is 159 Å². The molecule has 0 aliphatic carbocycles. The Hall–Kier alpha value is -2.51. The highest BCUT2D eigenvalue weighted by Gasteiger charge is 2.24. The summed E-state index contributed by atoms with van der Waals surface area (Å²) in [5.74, 6) is -0.980. The molecule has 0 saturated carbocycles. The van der Waals surface area contributed by atoms with E-state index in [0.717, 1.165) is 0 Å². The van der Waals surface area contributed by atoms with Gasteiger partial charge in [0.1, 0.15) is 5.75 Å². The summed E-state index contributed by atoms with van der Waals surface area (Å²) in [6, 6.07) is 5.16. The van der Waals surface area contributed by atoms with E-state index in [1.807, 2.05) is 13.8 Å². The van der Waals surface area contributed by atoms with Crippen LogP contribution in [-0.2, 0) is 0 Å². The summed E-state index contributed by atoms with van der Waals surface area (Å²) in [6.07, 6.45) is 0. The number of nitro groups is 1. The van der Waals surface area contributed by atoms with Gasteiger partial charge >= 0.3 is 11.7 Å². The molecule has 0 radical (unpaired) electrons. The molecule has 0 aliphatic rings. The fourth-order valence-corrected chi connectivity index (χ4v) is 2.92. The lowest BCUT2D eigenvalue weighted by atomic mass is 10.0. The summed E-state index contributed by atoms with van der Waals surface area (Å²) in [4.78, 5) is 21.8. The maximum atomic E-state index is 11.4. The predicted molar refractivity (Wildman–Crippen MR) is 97.2 cm³/mol. The SMILES string of the molecule is COc1c(C(C)C)cc(Oc2c(Cl)cc(C(=O)O)cc2Cl)cc1[N+](=O)[O-]. The third-order valence-electron chi connectivity index (χ3n) is 3.56. The Morgan fingerprint density at radius 2 is 1.73 bits per heavy atom. The van der Waals surface area contributed by atoms with Gasteiger partial charge in [-0.15, -0.1) is 0 Å². The van der Waals surface area contributed by atoms with Crippen molar-refractivity contribution >= 4 is 34.9 Å². The summed E-state index contributed by atoms with van der Waals surface area (Å²) in [6.45, 7) is 3.71. The fourth-order valence-electron chi connectivity index (χ4n) is 2.35. The average Bonchev–Trinajstić information content (AvgIpc) is 2.56. The zero-order valence-corrected chi connectivity index (χ0v) is 15.6. The van der Waals surface area contributed by atoms with Crippen LogP contribution in [0.5, 0.6) is 17.2 Å². The molecule has 2 rings (SSSR count). The van der Waals surface area contributed by atoms with Gasteiger partial charge in [0.25, 0.3) is 0 Å². The molecule has 0 aliphatic heterocycles. The summed E-state index contributed by atoms with van der Waals surface area (Å²) >= 11 is 12.1. The minimum atomic E-state index is -1.19. The highest BCUT2D eigenvalue weighted by Crippen LogP contribution is 2.43. The van der Waals surface area contributed by atoms with E-state index in [2.05, 4.69) is 0 Å². The highest BCUT2D eigenvalue weighted by atomic mass is 35.5. The largest absolute Gasteiger partial charge is 0.490 e. The number of hydrogen-bond acceptors (Lipinski definition) is 5. The lowest BCUT2D eigenvalue weighted by Gasteiger charge is -2.15. The Morgan fingerprint density at radius 3 is 2.15 bits per heavy atom. The number of methoxy groups -OCH3 is 1. The van der Waals surface area contributed by atoms with Crippen LogP contribution >= 0.6 is 23.2 Å². The summed E-state index contributed by atoms with van der Waals surface area (Å²) in [7, 11) is 1.35. The third kappa shape index (κ3) is 4.00. The minimum Gasteiger partial charge on any atom is -0.490 e. The van der Waals surface area contributed by atoms with E-state index in [1.165, 1.54) is 25.3 Å². The predicted octanol–water partition coefficient (Wildman–Crippen LogP) is 5.52. The maximum absolute atomic E-state index is 11.4. The molecular formula is C17H15Cl2NO6. The number of carboxylic acid groups (broad SMARTS) is 1. The van der Waals surface area contributed by atoms with Gasteiger partial charge in [0, 0.05) is 5.56 Å². The Balaban J connectivity index is 2.57. The fraction of sp³-hybridized carbons (Fsp3) is 0.235. The van der Waals surface area contributed by atoms with Crippen LogP contribution in [-0.4, -0.2) is 23.1 Å². The van der Waals surface area contributed by atoms with Gasteiger partial charge in [-0.3, -0.25) is 10.1 Å². The van der Waals surface area contributed by atoms with Gasteiger partial charge in [-0.1, -0.05) is 37.0 Å². The molecular weight excluding hydrogens is 385 g/mol. The number of halogens is 2. The Bertz CT molecular complexity index is 859. The van der Waals surface area contributed by atoms with Crippen molar-refractivity contribution in [3.8, 4) is 17.2 Å². The van der Waals surface area contributed by atoms with Crippen molar-refractivity contribution in [1.29, 1.82) is 0 Å².